The third-order valence-corrected chi connectivity index (χ3v) is 3.52. The van der Waals surface area contributed by atoms with Gasteiger partial charge in [-0.2, -0.15) is 0 Å². The van der Waals surface area contributed by atoms with Crippen LogP contribution in [0.3, 0.4) is 0 Å². The Morgan fingerprint density at radius 1 is 1.20 bits per heavy atom. The third-order valence-electron chi connectivity index (χ3n) is 3.52. The lowest BCUT2D eigenvalue weighted by atomic mass is 10.0. The average Bonchev–Trinajstić information content (AvgIpc) is 2.41. The summed E-state index contributed by atoms with van der Waals surface area (Å²) in [5.74, 6) is 1.79. The van der Waals surface area contributed by atoms with Crippen molar-refractivity contribution in [1.29, 1.82) is 0 Å². The molecule has 114 valence electrons. The first-order chi connectivity index (χ1) is 9.54. The van der Waals surface area contributed by atoms with Crippen molar-refractivity contribution in [3.63, 3.8) is 0 Å². The van der Waals surface area contributed by atoms with Crippen molar-refractivity contribution in [2.75, 3.05) is 13.2 Å². The van der Waals surface area contributed by atoms with Gasteiger partial charge in [0.2, 0.25) is 0 Å². The predicted octanol–water partition coefficient (Wildman–Crippen LogP) is 4.87. The predicted molar refractivity (Wildman–Crippen MR) is 87.5 cm³/mol. The lowest BCUT2D eigenvalue weighted by Gasteiger charge is -2.19. The number of ether oxygens (including phenoxy) is 1. The second-order valence-corrected chi connectivity index (χ2v) is 6.10. The molecule has 0 bridgehead atoms. The van der Waals surface area contributed by atoms with Crippen LogP contribution < -0.4 is 10.1 Å². The minimum atomic E-state index is 0.343. The zero-order valence-corrected chi connectivity index (χ0v) is 13.8. The van der Waals surface area contributed by atoms with Crippen LogP contribution in [0.5, 0.6) is 5.75 Å². The van der Waals surface area contributed by atoms with Gasteiger partial charge in [0.1, 0.15) is 5.75 Å². The summed E-state index contributed by atoms with van der Waals surface area (Å²) >= 11 is 0. The number of hydrogen-bond acceptors (Lipinski definition) is 2. The van der Waals surface area contributed by atoms with E-state index < -0.39 is 0 Å². The Morgan fingerprint density at radius 3 is 2.60 bits per heavy atom. The van der Waals surface area contributed by atoms with Gasteiger partial charge in [-0.15, -0.1) is 0 Å². The lowest BCUT2D eigenvalue weighted by Crippen LogP contribution is -2.20. The van der Waals surface area contributed by atoms with Crippen LogP contribution in [0.25, 0.3) is 0 Å². The molecule has 20 heavy (non-hydrogen) atoms. The van der Waals surface area contributed by atoms with Gasteiger partial charge in [0.15, 0.2) is 0 Å². The van der Waals surface area contributed by atoms with Crippen LogP contribution in [0.15, 0.2) is 18.2 Å². The van der Waals surface area contributed by atoms with Gasteiger partial charge in [0, 0.05) is 11.6 Å². The highest BCUT2D eigenvalue weighted by molar-refractivity contribution is 5.38. The first-order valence-corrected chi connectivity index (χ1v) is 8.01. The topological polar surface area (TPSA) is 21.3 Å². The Morgan fingerprint density at radius 2 is 1.95 bits per heavy atom. The molecule has 1 N–H and O–H groups in total. The normalized spacial score (nSPS) is 12.7. The minimum Gasteiger partial charge on any atom is -0.493 e. The van der Waals surface area contributed by atoms with Gasteiger partial charge >= 0.3 is 0 Å². The van der Waals surface area contributed by atoms with E-state index in [4.69, 9.17) is 4.74 Å². The van der Waals surface area contributed by atoms with Gasteiger partial charge in [-0.1, -0.05) is 38.5 Å². The highest BCUT2D eigenvalue weighted by atomic mass is 16.5. The molecule has 0 aliphatic rings. The molecule has 0 fully saturated rings. The fourth-order valence-corrected chi connectivity index (χ4v) is 2.28. The van der Waals surface area contributed by atoms with E-state index in [0.29, 0.717) is 6.04 Å². The molecular weight excluding hydrogens is 246 g/mol. The maximum absolute atomic E-state index is 6.00. The van der Waals surface area contributed by atoms with Gasteiger partial charge < -0.3 is 10.1 Å². The fraction of sp³-hybridized carbons (Fsp3) is 0.667. The molecule has 0 saturated heterocycles. The first kappa shape index (κ1) is 17.0. The standard InChI is InChI=1S/C18H31NO/c1-6-11-19-16(5)17-13-15(4)9-10-18(17)20-12-7-8-14(2)3/h9-10,13-14,16,19H,6-8,11-12H2,1-5H3. The Balaban J connectivity index is 2.64. The van der Waals surface area contributed by atoms with Crippen molar-refractivity contribution in [1.82, 2.24) is 5.32 Å². The van der Waals surface area contributed by atoms with Crippen molar-refractivity contribution in [2.45, 2.75) is 59.9 Å². The molecule has 0 amide bonds. The van der Waals surface area contributed by atoms with E-state index in [1.807, 2.05) is 0 Å². The maximum atomic E-state index is 6.00. The molecular formula is C18H31NO. The van der Waals surface area contributed by atoms with Crippen LogP contribution in [0.1, 0.15) is 64.1 Å². The van der Waals surface area contributed by atoms with E-state index in [2.05, 4.69) is 58.1 Å². The van der Waals surface area contributed by atoms with Crippen LogP contribution in [-0.4, -0.2) is 13.2 Å². The summed E-state index contributed by atoms with van der Waals surface area (Å²) in [4.78, 5) is 0. The van der Waals surface area contributed by atoms with E-state index in [9.17, 15) is 0 Å². The number of benzene rings is 1. The summed E-state index contributed by atoms with van der Waals surface area (Å²) in [5, 5.41) is 3.54. The van der Waals surface area contributed by atoms with Gasteiger partial charge in [0.25, 0.3) is 0 Å². The average molecular weight is 277 g/mol. The molecule has 0 aliphatic heterocycles. The van der Waals surface area contributed by atoms with Crippen LogP contribution in [0, 0.1) is 12.8 Å². The second kappa shape index (κ2) is 9.02. The largest absolute Gasteiger partial charge is 0.493 e. The molecule has 1 rings (SSSR count). The van der Waals surface area contributed by atoms with E-state index in [1.165, 1.54) is 17.5 Å². The summed E-state index contributed by atoms with van der Waals surface area (Å²) in [7, 11) is 0. The zero-order valence-electron chi connectivity index (χ0n) is 13.8. The van der Waals surface area contributed by atoms with E-state index in [-0.39, 0.29) is 0 Å². The van der Waals surface area contributed by atoms with Crippen molar-refractivity contribution in [3.8, 4) is 5.75 Å². The highest BCUT2D eigenvalue weighted by Gasteiger charge is 2.11. The second-order valence-electron chi connectivity index (χ2n) is 6.10. The van der Waals surface area contributed by atoms with Crippen molar-refractivity contribution in [3.05, 3.63) is 29.3 Å². The molecule has 0 spiro atoms. The van der Waals surface area contributed by atoms with E-state index >= 15 is 0 Å². The van der Waals surface area contributed by atoms with Crippen LogP contribution in [0.4, 0.5) is 0 Å². The maximum Gasteiger partial charge on any atom is 0.124 e. The Labute approximate surface area is 124 Å². The summed E-state index contributed by atoms with van der Waals surface area (Å²) < 4.78 is 6.00. The van der Waals surface area contributed by atoms with Crippen LogP contribution >= 0.6 is 0 Å². The quantitative estimate of drug-likeness (QED) is 0.650. The Kier molecular flexibility index (Phi) is 7.68. The molecule has 2 heteroatoms. The van der Waals surface area contributed by atoms with Crippen LogP contribution in [0.2, 0.25) is 0 Å². The Hall–Kier alpha value is -1.02. The zero-order chi connectivity index (χ0) is 15.0. The molecule has 1 aromatic rings. The van der Waals surface area contributed by atoms with E-state index in [0.717, 1.165) is 37.7 Å². The monoisotopic (exact) mass is 277 g/mol. The number of hydrogen-bond donors (Lipinski definition) is 1. The molecule has 1 aromatic carbocycles. The molecule has 0 aliphatic carbocycles. The van der Waals surface area contributed by atoms with E-state index in [1.54, 1.807) is 0 Å². The van der Waals surface area contributed by atoms with Gasteiger partial charge in [-0.3, -0.25) is 0 Å². The first-order valence-electron chi connectivity index (χ1n) is 8.01. The molecule has 0 heterocycles. The van der Waals surface area contributed by atoms with Crippen LogP contribution in [-0.2, 0) is 0 Å². The molecule has 1 atom stereocenters. The number of rotatable bonds is 9. The lowest BCUT2D eigenvalue weighted by molar-refractivity contribution is 0.292. The molecule has 0 aromatic heterocycles. The van der Waals surface area contributed by atoms with Gasteiger partial charge in [-0.05, 0) is 51.6 Å². The Bertz CT molecular complexity index is 387. The summed E-state index contributed by atoms with van der Waals surface area (Å²) in [6.07, 6.45) is 3.51. The van der Waals surface area contributed by atoms with Crippen molar-refractivity contribution < 1.29 is 4.74 Å². The molecule has 0 saturated carbocycles. The summed E-state index contributed by atoms with van der Waals surface area (Å²) in [5.41, 5.74) is 2.57. The highest BCUT2D eigenvalue weighted by Crippen LogP contribution is 2.26. The SMILES string of the molecule is CCCNC(C)c1cc(C)ccc1OCCCC(C)C. The molecule has 0 radical (unpaired) electrons. The number of aryl methyl sites for hydroxylation is 1. The van der Waals surface area contributed by atoms with Gasteiger partial charge in [-0.25, -0.2) is 0 Å². The summed E-state index contributed by atoms with van der Waals surface area (Å²) in [6, 6.07) is 6.83. The fourth-order valence-electron chi connectivity index (χ4n) is 2.28. The molecule has 2 nitrogen and oxygen atoms in total. The number of nitrogens with one attached hydrogen (secondary N) is 1. The third kappa shape index (κ3) is 5.96. The molecule has 1 unspecified atom stereocenters. The summed E-state index contributed by atoms with van der Waals surface area (Å²) in [6.45, 7) is 12.9. The smallest absolute Gasteiger partial charge is 0.124 e. The minimum absolute atomic E-state index is 0.343. The van der Waals surface area contributed by atoms with Crippen molar-refractivity contribution >= 4 is 0 Å². The van der Waals surface area contributed by atoms with Crippen molar-refractivity contribution in [2.24, 2.45) is 5.92 Å². The van der Waals surface area contributed by atoms with Gasteiger partial charge in [0.05, 0.1) is 6.61 Å².